The smallest absolute Gasteiger partial charge is 0.475 e. The summed E-state index contributed by atoms with van der Waals surface area (Å²) in [5.74, 6) is -2.80. The van der Waals surface area contributed by atoms with Crippen LogP contribution in [0.5, 0.6) is 0 Å². The number of alkyl halides is 3. The first-order chi connectivity index (χ1) is 21.1. The number of nitrogens with zero attached hydrogens (tertiary/aromatic N) is 2. The Kier molecular flexibility index (Phi) is 9.66. The lowest BCUT2D eigenvalue weighted by Gasteiger charge is -2.24. The van der Waals surface area contributed by atoms with Gasteiger partial charge in [0.25, 0.3) is 0 Å². The molecule has 0 aliphatic rings. The van der Waals surface area contributed by atoms with Gasteiger partial charge in [-0.25, -0.2) is 4.79 Å². The molecule has 0 spiro atoms. The number of rotatable bonds is 6. The predicted molar refractivity (Wildman–Crippen MR) is 172 cm³/mol. The summed E-state index contributed by atoms with van der Waals surface area (Å²) in [6.45, 7) is 8.67. The maximum Gasteiger partial charge on any atom is 0.490 e. The monoisotopic (exact) mass is 616 g/mol. The SMILES string of the molecule is Cc1[nH]c2ccccc2c1CC(=O)Nc1ccc(N(C)c2cccnc2)c(-c2ccc(C(C)(C)C)cc2)c1.O=C(O)C(F)(F)F. The van der Waals surface area contributed by atoms with E-state index < -0.39 is 12.1 Å². The summed E-state index contributed by atoms with van der Waals surface area (Å²) >= 11 is 0. The Morgan fingerprint density at radius 2 is 1.62 bits per heavy atom. The number of H-pyrrole nitrogens is 1. The van der Waals surface area contributed by atoms with Gasteiger partial charge in [0.2, 0.25) is 5.91 Å². The Hall–Kier alpha value is -5.12. The number of carboxylic acid groups (broad SMARTS) is 1. The van der Waals surface area contributed by atoms with Crippen LogP contribution in [0.3, 0.4) is 0 Å². The van der Waals surface area contributed by atoms with Crippen molar-refractivity contribution in [1.82, 2.24) is 9.97 Å². The summed E-state index contributed by atoms with van der Waals surface area (Å²) in [5.41, 5.74) is 9.39. The van der Waals surface area contributed by atoms with Gasteiger partial charge in [0.1, 0.15) is 0 Å². The number of amides is 1. The number of hydrogen-bond donors (Lipinski definition) is 3. The average Bonchev–Trinajstić information content (AvgIpc) is 3.31. The van der Waals surface area contributed by atoms with Gasteiger partial charge in [-0.05, 0) is 65.4 Å². The number of aliphatic carboxylic acids is 1. The lowest BCUT2D eigenvalue weighted by Crippen LogP contribution is -2.21. The van der Waals surface area contributed by atoms with E-state index in [9.17, 15) is 18.0 Å². The van der Waals surface area contributed by atoms with Gasteiger partial charge in [0.15, 0.2) is 0 Å². The van der Waals surface area contributed by atoms with E-state index in [1.165, 1.54) is 5.56 Å². The van der Waals surface area contributed by atoms with Crippen LogP contribution < -0.4 is 10.2 Å². The molecular formula is C35H35F3N4O3. The van der Waals surface area contributed by atoms with E-state index in [1.807, 2.05) is 56.6 Å². The maximum atomic E-state index is 13.2. The number of aromatic nitrogens is 2. The van der Waals surface area contributed by atoms with Gasteiger partial charge in [-0.2, -0.15) is 13.2 Å². The number of carbonyl (C=O) groups is 2. The normalized spacial score (nSPS) is 11.5. The molecule has 0 saturated carbocycles. The molecule has 2 aromatic heterocycles. The quantitative estimate of drug-likeness (QED) is 0.178. The zero-order valence-corrected chi connectivity index (χ0v) is 25.7. The minimum Gasteiger partial charge on any atom is -0.475 e. The van der Waals surface area contributed by atoms with E-state index in [0.29, 0.717) is 6.42 Å². The van der Waals surface area contributed by atoms with Crippen LogP contribution in [0.1, 0.15) is 37.6 Å². The number of hydrogen-bond acceptors (Lipinski definition) is 4. The minimum absolute atomic E-state index is 0.0414. The number of fused-ring (bicyclic) bond motifs is 1. The highest BCUT2D eigenvalue weighted by molar-refractivity contribution is 5.97. The molecule has 0 fully saturated rings. The number of para-hydroxylation sites is 1. The van der Waals surface area contributed by atoms with Crippen LogP contribution in [0.2, 0.25) is 0 Å². The molecule has 234 valence electrons. The Balaban J connectivity index is 0.000000591. The Bertz CT molecular complexity index is 1790. The fourth-order valence-electron chi connectivity index (χ4n) is 4.91. The van der Waals surface area contributed by atoms with Crippen molar-refractivity contribution in [2.24, 2.45) is 0 Å². The number of halogens is 3. The molecule has 45 heavy (non-hydrogen) atoms. The molecule has 0 unspecified atom stereocenters. The fourth-order valence-corrected chi connectivity index (χ4v) is 4.91. The molecule has 0 aliphatic heterocycles. The summed E-state index contributed by atoms with van der Waals surface area (Å²) in [6.07, 6.45) is -1.15. The Labute approximate surface area is 259 Å². The van der Waals surface area contributed by atoms with E-state index >= 15 is 0 Å². The summed E-state index contributed by atoms with van der Waals surface area (Å²) < 4.78 is 31.7. The molecule has 5 aromatic rings. The van der Waals surface area contributed by atoms with Crippen LogP contribution in [0.15, 0.2) is 91.3 Å². The molecule has 0 saturated heterocycles. The topological polar surface area (TPSA) is 98.3 Å². The van der Waals surface area contributed by atoms with Crippen molar-refractivity contribution < 1.29 is 27.9 Å². The van der Waals surface area contributed by atoms with Crippen molar-refractivity contribution in [2.75, 3.05) is 17.3 Å². The highest BCUT2D eigenvalue weighted by atomic mass is 19.4. The fraction of sp³-hybridized carbons (Fsp3) is 0.229. The summed E-state index contributed by atoms with van der Waals surface area (Å²) in [5, 5.41) is 11.4. The largest absolute Gasteiger partial charge is 0.490 e. The van der Waals surface area contributed by atoms with Crippen LogP contribution in [0, 0.1) is 6.92 Å². The number of carbonyl (C=O) groups excluding carboxylic acids is 1. The van der Waals surface area contributed by atoms with Gasteiger partial charge in [-0.3, -0.25) is 9.78 Å². The van der Waals surface area contributed by atoms with Crippen molar-refractivity contribution in [2.45, 2.75) is 45.7 Å². The molecule has 0 bridgehead atoms. The predicted octanol–water partition coefficient (Wildman–Crippen LogP) is 8.42. The maximum absolute atomic E-state index is 13.2. The van der Waals surface area contributed by atoms with Gasteiger partial charge >= 0.3 is 12.1 Å². The van der Waals surface area contributed by atoms with Gasteiger partial charge in [0, 0.05) is 46.8 Å². The molecule has 5 rings (SSSR count). The van der Waals surface area contributed by atoms with Crippen molar-refractivity contribution in [1.29, 1.82) is 0 Å². The molecule has 3 aromatic carbocycles. The first-order valence-corrected chi connectivity index (χ1v) is 14.2. The molecule has 3 N–H and O–H groups in total. The standard InChI is InChI=1S/C33H34N4O.C2HF3O2/c1-22-28(27-10-6-7-11-30(27)35-22)20-32(38)36-25-16-17-31(37(5)26-9-8-18-34-21-26)29(19-25)23-12-14-24(15-13-23)33(2,3)4;3-2(4,5)1(6)7/h6-19,21,35H,20H2,1-5H3,(H,36,38);(H,6,7). The lowest BCUT2D eigenvalue weighted by atomic mass is 9.86. The van der Waals surface area contributed by atoms with Crippen LogP contribution in [-0.4, -0.2) is 40.2 Å². The van der Waals surface area contributed by atoms with Crippen molar-refractivity contribution in [3.05, 3.63) is 108 Å². The van der Waals surface area contributed by atoms with Crippen molar-refractivity contribution in [3.63, 3.8) is 0 Å². The summed E-state index contributed by atoms with van der Waals surface area (Å²) in [6, 6.07) is 26.9. The third kappa shape index (κ3) is 8.08. The minimum atomic E-state index is -5.08. The van der Waals surface area contributed by atoms with Crippen LogP contribution in [0.4, 0.5) is 30.2 Å². The first kappa shape index (κ1) is 32.8. The average molecular weight is 617 g/mol. The van der Waals surface area contributed by atoms with E-state index in [-0.39, 0.29) is 11.3 Å². The third-order valence-electron chi connectivity index (χ3n) is 7.34. The second-order valence-corrected chi connectivity index (χ2v) is 11.6. The Morgan fingerprint density at radius 1 is 0.956 bits per heavy atom. The van der Waals surface area contributed by atoms with Crippen LogP contribution in [0.25, 0.3) is 22.0 Å². The lowest BCUT2D eigenvalue weighted by molar-refractivity contribution is -0.192. The van der Waals surface area contributed by atoms with Crippen LogP contribution in [-0.2, 0) is 21.4 Å². The zero-order chi connectivity index (χ0) is 32.9. The number of aromatic amines is 1. The van der Waals surface area contributed by atoms with Crippen molar-refractivity contribution >= 4 is 39.8 Å². The van der Waals surface area contributed by atoms with Gasteiger partial charge in [0.05, 0.1) is 18.3 Å². The molecule has 0 atom stereocenters. The van der Waals surface area contributed by atoms with E-state index in [4.69, 9.17) is 9.90 Å². The number of carboxylic acids is 1. The molecule has 1 amide bonds. The van der Waals surface area contributed by atoms with Gasteiger partial charge in [-0.15, -0.1) is 0 Å². The highest BCUT2D eigenvalue weighted by Gasteiger charge is 2.38. The number of benzene rings is 3. The molecule has 0 radical (unpaired) electrons. The first-order valence-electron chi connectivity index (χ1n) is 14.2. The second-order valence-electron chi connectivity index (χ2n) is 11.6. The molecular weight excluding hydrogens is 581 g/mol. The highest BCUT2D eigenvalue weighted by Crippen LogP contribution is 2.37. The number of nitrogens with one attached hydrogen (secondary N) is 2. The summed E-state index contributed by atoms with van der Waals surface area (Å²) in [4.78, 5) is 31.9. The third-order valence-corrected chi connectivity index (χ3v) is 7.34. The molecule has 10 heteroatoms. The van der Waals surface area contributed by atoms with Gasteiger partial charge < -0.3 is 20.3 Å². The number of anilines is 3. The molecule has 7 nitrogen and oxygen atoms in total. The van der Waals surface area contributed by atoms with E-state index in [1.54, 1.807) is 6.20 Å². The molecule has 2 heterocycles. The Morgan fingerprint density at radius 3 is 2.22 bits per heavy atom. The van der Waals surface area contributed by atoms with E-state index in [2.05, 4.69) is 83.4 Å². The molecule has 0 aliphatic carbocycles. The summed E-state index contributed by atoms with van der Waals surface area (Å²) in [7, 11) is 2.04. The number of aryl methyl sites for hydroxylation is 1. The van der Waals surface area contributed by atoms with Gasteiger partial charge in [-0.1, -0.05) is 63.2 Å². The number of pyridine rings is 1. The van der Waals surface area contributed by atoms with E-state index in [0.717, 1.165) is 50.3 Å². The van der Waals surface area contributed by atoms with Crippen LogP contribution >= 0.6 is 0 Å². The zero-order valence-electron chi connectivity index (χ0n) is 25.7. The second kappa shape index (κ2) is 13.3. The van der Waals surface area contributed by atoms with Crippen molar-refractivity contribution in [3.8, 4) is 11.1 Å².